The summed E-state index contributed by atoms with van der Waals surface area (Å²) in [6.45, 7) is 0.669. The van der Waals surface area contributed by atoms with Crippen LogP contribution in [0, 0.1) is 5.82 Å². The summed E-state index contributed by atoms with van der Waals surface area (Å²) in [5, 5.41) is 4.53. The van der Waals surface area contributed by atoms with Crippen molar-refractivity contribution < 1.29 is 9.18 Å². The molecule has 0 saturated heterocycles. The van der Waals surface area contributed by atoms with Gasteiger partial charge in [-0.15, -0.1) is 11.8 Å². The van der Waals surface area contributed by atoms with Crippen molar-refractivity contribution in [1.29, 1.82) is 0 Å². The van der Waals surface area contributed by atoms with E-state index in [0.29, 0.717) is 18.0 Å². The fourth-order valence-corrected chi connectivity index (χ4v) is 4.90. The van der Waals surface area contributed by atoms with Crippen LogP contribution in [-0.4, -0.2) is 22.2 Å². The smallest absolute Gasteiger partial charge is 0.279 e. The van der Waals surface area contributed by atoms with Crippen molar-refractivity contribution in [3.05, 3.63) is 65.1 Å². The summed E-state index contributed by atoms with van der Waals surface area (Å²) in [6.07, 6.45) is 0.861. The minimum Gasteiger partial charge on any atom is -0.306 e. The molecule has 3 heterocycles. The molecule has 0 spiro atoms. The molecule has 2 aliphatic heterocycles. The molecule has 1 aromatic heterocycles. The number of amides is 1. The highest BCUT2D eigenvalue weighted by atomic mass is 32.2. The second-order valence-corrected chi connectivity index (χ2v) is 7.58. The lowest BCUT2D eigenvalue weighted by molar-refractivity contribution is 0.0983. The lowest BCUT2D eigenvalue weighted by Gasteiger charge is -2.19. The number of rotatable bonds is 1. The van der Waals surface area contributed by atoms with Crippen molar-refractivity contribution in [2.75, 3.05) is 11.4 Å². The molecule has 1 amide bonds. The zero-order valence-electron chi connectivity index (χ0n) is 14.2. The summed E-state index contributed by atoms with van der Waals surface area (Å²) in [6, 6.07) is 12.8. The van der Waals surface area contributed by atoms with E-state index in [2.05, 4.69) is 11.2 Å². The van der Waals surface area contributed by atoms with E-state index in [9.17, 15) is 9.18 Å². The fourth-order valence-electron chi connectivity index (χ4n) is 3.85. The summed E-state index contributed by atoms with van der Waals surface area (Å²) in [5.74, 6) is 0.310. The molecule has 5 rings (SSSR count). The van der Waals surface area contributed by atoms with E-state index in [1.54, 1.807) is 22.5 Å². The zero-order valence-corrected chi connectivity index (χ0v) is 15.0. The number of hydrogen-bond acceptors (Lipinski definition) is 3. The van der Waals surface area contributed by atoms with Gasteiger partial charge in [0, 0.05) is 41.1 Å². The molecule has 0 unspecified atom stereocenters. The Morgan fingerprint density at radius 2 is 2.08 bits per heavy atom. The molecule has 130 valence electrons. The molecule has 2 aliphatic rings. The van der Waals surface area contributed by atoms with Gasteiger partial charge >= 0.3 is 0 Å². The highest BCUT2D eigenvalue weighted by Crippen LogP contribution is 2.43. The number of thioether (sulfide) groups is 1. The number of para-hydroxylation sites is 1. The van der Waals surface area contributed by atoms with Crippen LogP contribution in [0.1, 0.15) is 21.6 Å². The highest BCUT2D eigenvalue weighted by molar-refractivity contribution is 7.98. The second kappa shape index (κ2) is 5.71. The second-order valence-electron chi connectivity index (χ2n) is 6.56. The van der Waals surface area contributed by atoms with Gasteiger partial charge in [-0.3, -0.25) is 9.48 Å². The molecule has 0 radical (unpaired) electrons. The quantitative estimate of drug-likeness (QED) is 0.653. The third-order valence-corrected chi connectivity index (χ3v) is 6.15. The molecule has 0 bridgehead atoms. The van der Waals surface area contributed by atoms with Crippen molar-refractivity contribution in [2.45, 2.75) is 17.1 Å². The first kappa shape index (κ1) is 15.6. The summed E-state index contributed by atoms with van der Waals surface area (Å²) < 4.78 is 15.5. The maximum atomic E-state index is 13.8. The van der Waals surface area contributed by atoms with E-state index in [4.69, 9.17) is 0 Å². The Labute approximate surface area is 154 Å². The molecule has 0 N–H and O–H groups in total. The van der Waals surface area contributed by atoms with Gasteiger partial charge in [0.25, 0.3) is 5.91 Å². The number of anilines is 1. The molecular formula is C20H16FN3OS. The van der Waals surface area contributed by atoms with E-state index < -0.39 is 0 Å². The van der Waals surface area contributed by atoms with Crippen LogP contribution in [-0.2, 0) is 19.2 Å². The van der Waals surface area contributed by atoms with Crippen molar-refractivity contribution >= 4 is 23.4 Å². The van der Waals surface area contributed by atoms with Crippen molar-refractivity contribution in [2.24, 2.45) is 7.05 Å². The molecule has 0 saturated carbocycles. The molecule has 0 atom stereocenters. The lowest BCUT2D eigenvalue weighted by Crippen LogP contribution is -2.30. The topological polar surface area (TPSA) is 38.1 Å². The molecule has 0 aliphatic carbocycles. The normalized spacial score (nSPS) is 14.8. The molecule has 4 nitrogen and oxygen atoms in total. The monoisotopic (exact) mass is 365 g/mol. The van der Waals surface area contributed by atoms with Gasteiger partial charge in [-0.2, -0.15) is 5.10 Å². The van der Waals surface area contributed by atoms with Gasteiger partial charge in [0.2, 0.25) is 0 Å². The van der Waals surface area contributed by atoms with Crippen molar-refractivity contribution in [3.8, 4) is 11.3 Å². The first-order valence-electron chi connectivity index (χ1n) is 8.52. The van der Waals surface area contributed by atoms with Crippen LogP contribution in [0.2, 0.25) is 0 Å². The maximum absolute atomic E-state index is 13.8. The van der Waals surface area contributed by atoms with E-state index in [1.807, 2.05) is 30.1 Å². The third-order valence-electron chi connectivity index (χ3n) is 5.05. The van der Waals surface area contributed by atoms with Crippen LogP contribution >= 0.6 is 11.8 Å². The number of hydrogen-bond donors (Lipinski definition) is 0. The summed E-state index contributed by atoms with van der Waals surface area (Å²) in [4.78, 5) is 16.1. The van der Waals surface area contributed by atoms with Gasteiger partial charge in [-0.1, -0.05) is 18.2 Å². The predicted molar refractivity (Wildman–Crippen MR) is 100.0 cm³/mol. The van der Waals surface area contributed by atoms with Crippen molar-refractivity contribution in [1.82, 2.24) is 9.78 Å². The van der Waals surface area contributed by atoms with Crippen LogP contribution < -0.4 is 4.90 Å². The lowest BCUT2D eigenvalue weighted by atomic mass is 10.1. The number of aryl methyl sites for hydroxylation is 1. The molecule has 2 aromatic carbocycles. The maximum Gasteiger partial charge on any atom is 0.279 e. The van der Waals surface area contributed by atoms with Gasteiger partial charge in [0.1, 0.15) is 5.82 Å². The number of nitrogens with zero attached hydrogens (tertiary/aromatic N) is 3. The first-order valence-corrected chi connectivity index (χ1v) is 9.50. The van der Waals surface area contributed by atoms with Crippen LogP contribution in [0.5, 0.6) is 0 Å². The summed E-state index contributed by atoms with van der Waals surface area (Å²) >= 11 is 1.62. The first-order chi connectivity index (χ1) is 12.6. The Bertz CT molecular complexity index is 1060. The minimum atomic E-state index is -0.278. The number of benzene rings is 2. The van der Waals surface area contributed by atoms with Crippen LogP contribution in [0.3, 0.4) is 0 Å². The minimum absolute atomic E-state index is 0.0766. The number of fused-ring (bicyclic) bond motifs is 4. The third kappa shape index (κ3) is 2.22. The van der Waals surface area contributed by atoms with Gasteiger partial charge < -0.3 is 4.90 Å². The van der Waals surface area contributed by atoms with E-state index >= 15 is 0 Å². The molecule has 6 heteroatoms. The Balaban J connectivity index is 1.61. The Hall–Kier alpha value is -2.60. The van der Waals surface area contributed by atoms with Crippen LogP contribution in [0.25, 0.3) is 11.3 Å². The number of carbonyl (C=O) groups excluding carboxylic acids is 1. The SMILES string of the molecule is Cn1nc(C(=O)N2CCc3ccccc32)c2c1-c1cc(F)ccc1SC2. The molecular weight excluding hydrogens is 349 g/mol. The zero-order chi connectivity index (χ0) is 17.8. The van der Waals surface area contributed by atoms with Crippen LogP contribution in [0.15, 0.2) is 47.4 Å². The molecule has 3 aromatic rings. The molecule has 26 heavy (non-hydrogen) atoms. The van der Waals surface area contributed by atoms with E-state index in [0.717, 1.165) is 33.8 Å². The van der Waals surface area contributed by atoms with Crippen LogP contribution in [0.4, 0.5) is 10.1 Å². The average molecular weight is 365 g/mol. The van der Waals surface area contributed by atoms with E-state index in [1.165, 1.54) is 17.7 Å². The van der Waals surface area contributed by atoms with E-state index in [-0.39, 0.29) is 11.7 Å². The Morgan fingerprint density at radius 3 is 2.96 bits per heavy atom. The fraction of sp³-hybridized carbons (Fsp3) is 0.200. The molecule has 0 fully saturated rings. The number of carbonyl (C=O) groups is 1. The summed E-state index contributed by atoms with van der Waals surface area (Å²) in [5.41, 5.74) is 5.17. The average Bonchev–Trinajstić information content (AvgIpc) is 3.22. The number of aromatic nitrogens is 2. The van der Waals surface area contributed by atoms with Gasteiger partial charge in [-0.25, -0.2) is 4.39 Å². The number of halogens is 1. The summed E-state index contributed by atoms with van der Waals surface area (Å²) in [7, 11) is 1.82. The van der Waals surface area contributed by atoms with Gasteiger partial charge in [0.15, 0.2) is 5.69 Å². The Kier molecular flexibility index (Phi) is 3.43. The largest absolute Gasteiger partial charge is 0.306 e. The predicted octanol–water partition coefficient (Wildman–Crippen LogP) is 4.03. The highest BCUT2D eigenvalue weighted by Gasteiger charge is 2.32. The van der Waals surface area contributed by atoms with Gasteiger partial charge in [-0.05, 0) is 36.2 Å². The Morgan fingerprint density at radius 1 is 1.23 bits per heavy atom. The standard InChI is InChI=1S/C20H16FN3OS/c1-23-19-14-10-13(21)6-7-17(14)26-11-15(19)18(22-23)20(25)24-9-8-12-4-2-3-5-16(12)24/h2-7,10H,8-9,11H2,1H3. The van der Waals surface area contributed by atoms with Gasteiger partial charge in [0.05, 0.1) is 5.69 Å². The van der Waals surface area contributed by atoms with Crippen molar-refractivity contribution in [3.63, 3.8) is 0 Å².